The predicted molar refractivity (Wildman–Crippen MR) is 30.1 cm³/mol. The van der Waals surface area contributed by atoms with E-state index in [1.165, 1.54) is 0 Å². The first-order valence-corrected chi connectivity index (χ1v) is 7.65. The zero-order chi connectivity index (χ0) is 7.07. The molecule has 1 aliphatic heterocycles. The number of hydrogen-bond acceptors (Lipinski definition) is 3. The first kappa shape index (κ1) is 8.50. The van der Waals surface area contributed by atoms with Crippen molar-refractivity contribution in [2.75, 3.05) is 6.54 Å². The van der Waals surface area contributed by atoms with Gasteiger partial charge in [0, 0.05) is 0 Å². The Morgan fingerprint density at radius 2 is 2.22 bits per heavy atom. The number of hydrogen-bond donors (Lipinski definition) is 1. The molecular weight excluding hydrogens is 265 g/mol. The number of nitrogens with one attached hydrogen (secondary N) is 1. The minimum absolute atomic E-state index is 0.0801. The van der Waals surface area contributed by atoms with Gasteiger partial charge in [-0.05, 0) is 0 Å². The number of rotatable bonds is 0. The molecule has 5 nitrogen and oxygen atoms in total. The van der Waals surface area contributed by atoms with Crippen LogP contribution in [0.1, 0.15) is 0 Å². The van der Waals surface area contributed by atoms with E-state index in [0.29, 0.717) is 4.87 Å². The molecule has 9 heavy (non-hydrogen) atoms. The first-order valence-electron chi connectivity index (χ1n) is 2.48. The standard InChI is InChI=1S/C2H4N2O3S.Cs/c5-4-1-2-8(6,7)3-4;/h2H,1H2,(H,3,5);/q+1;. The molecule has 46 valence electrons. The Kier molecular flexibility index (Phi) is 2.64. The van der Waals surface area contributed by atoms with Crippen molar-refractivity contribution in [2.24, 2.45) is 0 Å². The van der Waals surface area contributed by atoms with Gasteiger partial charge in [-0.2, -0.15) is 0 Å². The molecule has 1 unspecified atom stereocenters. The van der Waals surface area contributed by atoms with Gasteiger partial charge in [0.25, 0.3) is 0 Å². The molecule has 0 aliphatic carbocycles. The second kappa shape index (κ2) is 2.80. The summed E-state index contributed by atoms with van der Waals surface area (Å²) in [4.78, 5) is 12.6. The summed E-state index contributed by atoms with van der Waals surface area (Å²) in [6, 6.07) is 0. The zero-order valence-electron chi connectivity index (χ0n) is 4.86. The zero-order valence-corrected chi connectivity index (χ0v) is 12.0. The van der Waals surface area contributed by atoms with Crippen molar-refractivity contribution in [1.82, 2.24) is 4.83 Å². The van der Waals surface area contributed by atoms with Gasteiger partial charge in [-0.25, -0.2) is 0 Å². The van der Waals surface area contributed by atoms with Crippen molar-refractivity contribution in [3.05, 3.63) is 4.91 Å². The van der Waals surface area contributed by atoms with Crippen LogP contribution < -0.4 is 4.83 Å². The van der Waals surface area contributed by atoms with Crippen LogP contribution in [0.15, 0.2) is 0 Å². The summed E-state index contributed by atoms with van der Waals surface area (Å²) >= 11 is -0.0801. The van der Waals surface area contributed by atoms with Crippen molar-refractivity contribution in [2.45, 2.75) is -3.32 Å². The summed E-state index contributed by atoms with van der Waals surface area (Å²) in [5.41, 5.74) is 0. The quantitative estimate of drug-likeness (QED) is 0.523. The van der Waals surface area contributed by atoms with Gasteiger partial charge in [-0.15, -0.1) is 0 Å². The third-order valence-electron chi connectivity index (χ3n) is 1.18. The third-order valence-corrected chi connectivity index (χ3v) is 9.84. The van der Waals surface area contributed by atoms with E-state index < -0.39 is 10.0 Å². The molecule has 1 rings (SSSR count). The molecular formula is C2H4CsN2O3S+. The topological polar surface area (TPSA) is 66.2 Å². The maximum absolute atomic E-state index is 10.7. The molecule has 1 saturated heterocycles. The Bertz CT molecular complexity index is 234. The Balaban J connectivity index is 2.95. The molecule has 0 saturated carbocycles. The fourth-order valence-electron chi connectivity index (χ4n) is 0.601. The van der Waals surface area contributed by atoms with Gasteiger partial charge >= 0.3 is 102 Å². The van der Waals surface area contributed by atoms with Gasteiger partial charge in [0.1, 0.15) is 0 Å². The Hall–Kier alpha value is 1.40. The average Bonchev–Trinajstić information content (AvgIpc) is 1.79. The monoisotopic (exact) mass is 269 g/mol. The van der Waals surface area contributed by atoms with E-state index in [1.54, 1.807) is 0 Å². The molecule has 1 heterocycles. The second-order valence-corrected chi connectivity index (χ2v) is 11.1. The van der Waals surface area contributed by atoms with Crippen LogP contribution in [-0.2, 0) is 10.0 Å². The van der Waals surface area contributed by atoms with Crippen LogP contribution in [0.2, 0.25) is 0 Å². The Labute approximate surface area is 99.5 Å². The molecule has 0 aromatic rings. The summed E-state index contributed by atoms with van der Waals surface area (Å²) in [6.45, 7) is 0.115. The van der Waals surface area contributed by atoms with Crippen LogP contribution in [-0.4, -0.2) is 82.4 Å². The van der Waals surface area contributed by atoms with Crippen molar-refractivity contribution in [1.29, 1.82) is 0 Å². The average molecular weight is 269 g/mol. The first-order chi connectivity index (χ1) is 4.02. The van der Waals surface area contributed by atoms with E-state index in [0.717, 1.165) is 0 Å². The Morgan fingerprint density at radius 1 is 1.67 bits per heavy atom. The van der Waals surface area contributed by atoms with Gasteiger partial charge < -0.3 is 0 Å². The number of sulfonamides is 1. The Morgan fingerprint density at radius 3 is 2.33 bits per heavy atom. The van der Waals surface area contributed by atoms with Gasteiger partial charge in [0.2, 0.25) is 0 Å². The molecule has 7 heteroatoms. The van der Waals surface area contributed by atoms with Crippen LogP contribution in [0.25, 0.3) is 0 Å². The molecule has 1 fully saturated rings. The second-order valence-electron chi connectivity index (χ2n) is 2.01. The van der Waals surface area contributed by atoms with Crippen LogP contribution in [0.3, 0.4) is 0 Å². The summed E-state index contributed by atoms with van der Waals surface area (Å²) in [5, 5.41) is 0. The summed E-state index contributed by atoms with van der Waals surface area (Å²) in [6.07, 6.45) is 0. The fourth-order valence-corrected chi connectivity index (χ4v) is 3.51. The summed E-state index contributed by atoms with van der Waals surface area (Å²) < 4.78 is 21.0. The van der Waals surface area contributed by atoms with E-state index in [9.17, 15) is 13.3 Å². The number of nitroso groups, excluding NO2 is 1. The molecule has 0 aromatic heterocycles. The molecule has 0 spiro atoms. The van der Waals surface area contributed by atoms with E-state index in [4.69, 9.17) is 0 Å². The SMILES string of the molecule is O=[N+]1C[CH]([Cs])S(=O)(=O)N1. The van der Waals surface area contributed by atoms with Gasteiger partial charge in [-0.3, -0.25) is 0 Å². The van der Waals surface area contributed by atoms with Gasteiger partial charge in [0.15, 0.2) is 0 Å². The molecule has 0 bridgehead atoms. The van der Waals surface area contributed by atoms with E-state index >= 15 is 0 Å². The molecule has 1 N–H and O–H groups in total. The summed E-state index contributed by atoms with van der Waals surface area (Å²) in [5.74, 6) is 0. The maximum atomic E-state index is 10.7. The van der Waals surface area contributed by atoms with Crippen molar-refractivity contribution in [3.63, 3.8) is 0 Å². The minimum atomic E-state index is -3.21. The van der Waals surface area contributed by atoms with E-state index in [-0.39, 0.29) is 69.1 Å². The van der Waals surface area contributed by atoms with Crippen LogP contribution in [0.4, 0.5) is 0 Å². The van der Waals surface area contributed by atoms with Crippen molar-refractivity contribution < 1.29 is 13.3 Å². The molecule has 1 aliphatic rings. The van der Waals surface area contributed by atoms with Crippen molar-refractivity contribution in [3.8, 4) is 0 Å². The summed E-state index contributed by atoms with van der Waals surface area (Å²) in [7, 11) is -3.21. The molecule has 0 radical (unpaired) electrons. The fraction of sp³-hybridized carbons (Fsp3) is 1.00. The van der Waals surface area contributed by atoms with E-state index in [2.05, 4.69) is 0 Å². The molecule has 0 aromatic carbocycles. The van der Waals surface area contributed by atoms with Gasteiger partial charge in [-0.1, -0.05) is 0 Å². The number of nitrogens with zero attached hydrogens (tertiary/aromatic N) is 1. The van der Waals surface area contributed by atoms with E-state index in [1.807, 2.05) is 4.83 Å². The molecule has 0 amide bonds. The normalized spacial score (nSPS) is 32.2. The predicted octanol–water partition coefficient (Wildman–Crippen LogP) is -1.89. The molecule has 1 atom stereocenters. The van der Waals surface area contributed by atoms with Gasteiger partial charge in [0.05, 0.1) is 0 Å². The van der Waals surface area contributed by atoms with Crippen LogP contribution in [0.5, 0.6) is 0 Å². The van der Waals surface area contributed by atoms with Crippen molar-refractivity contribution >= 4 is 75.9 Å². The third kappa shape index (κ3) is 1.91. The number of hydrazine groups is 1. The van der Waals surface area contributed by atoms with Crippen LogP contribution >= 0.6 is 0 Å². The van der Waals surface area contributed by atoms with Crippen LogP contribution in [0, 0.1) is 4.91 Å².